The van der Waals surface area contributed by atoms with Crippen molar-refractivity contribution in [3.05, 3.63) is 47.5 Å². The van der Waals surface area contributed by atoms with Crippen LogP contribution >= 0.6 is 0 Å². The predicted molar refractivity (Wildman–Crippen MR) is 107 cm³/mol. The van der Waals surface area contributed by atoms with Crippen LogP contribution in [0, 0.1) is 17.8 Å². The van der Waals surface area contributed by atoms with Gasteiger partial charge >= 0.3 is 0 Å². The molecule has 0 bridgehead atoms. The van der Waals surface area contributed by atoms with E-state index in [2.05, 4.69) is 43.3 Å². The molecule has 2 aliphatic carbocycles. The Bertz CT molecular complexity index is 522. The van der Waals surface area contributed by atoms with Crippen molar-refractivity contribution < 1.29 is 5.11 Å². The van der Waals surface area contributed by atoms with Crippen LogP contribution in [0.4, 0.5) is 0 Å². The van der Waals surface area contributed by atoms with Gasteiger partial charge in [-0.05, 0) is 54.6 Å². The number of unbranched alkanes of at least 4 members (excludes halogenated alkanes) is 2. The quantitative estimate of drug-likeness (QED) is 0.437. The molecule has 1 saturated carbocycles. The minimum atomic E-state index is 0.143. The Balaban J connectivity index is 1.46. The SMILES string of the molecule is CCCCCC1CCC(C2C=CC(c3ccc(CO)cc3)CC2)CC1. The number of aliphatic hydroxyl groups is 1. The smallest absolute Gasteiger partial charge is 0.0681 e. The molecule has 1 aromatic rings. The fourth-order valence-electron chi connectivity index (χ4n) is 4.97. The fourth-order valence-corrected chi connectivity index (χ4v) is 4.97. The molecular weight excluding hydrogens is 304 g/mol. The maximum absolute atomic E-state index is 9.18. The highest BCUT2D eigenvalue weighted by atomic mass is 16.3. The lowest BCUT2D eigenvalue weighted by Gasteiger charge is -2.35. The first kappa shape index (κ1) is 18.7. The molecule has 1 heteroatoms. The van der Waals surface area contributed by atoms with Crippen molar-refractivity contribution in [1.29, 1.82) is 0 Å². The van der Waals surface area contributed by atoms with Gasteiger partial charge in [0.2, 0.25) is 0 Å². The van der Waals surface area contributed by atoms with Gasteiger partial charge in [-0.1, -0.05) is 81.9 Å². The number of rotatable bonds is 7. The Morgan fingerprint density at radius 1 is 0.880 bits per heavy atom. The molecule has 2 unspecified atom stereocenters. The van der Waals surface area contributed by atoms with Crippen LogP contribution < -0.4 is 0 Å². The molecule has 2 aliphatic rings. The number of aliphatic hydroxyl groups excluding tert-OH is 1. The fraction of sp³-hybridized carbons (Fsp3) is 0.667. The molecule has 0 aliphatic heterocycles. The van der Waals surface area contributed by atoms with E-state index in [9.17, 15) is 5.11 Å². The van der Waals surface area contributed by atoms with E-state index in [0.29, 0.717) is 5.92 Å². The summed E-state index contributed by atoms with van der Waals surface area (Å²) in [5, 5.41) is 9.18. The topological polar surface area (TPSA) is 20.2 Å². The van der Waals surface area contributed by atoms with Gasteiger partial charge in [0.05, 0.1) is 6.61 Å². The molecule has 1 aromatic carbocycles. The Kier molecular flexibility index (Phi) is 7.16. The molecule has 1 fully saturated rings. The summed E-state index contributed by atoms with van der Waals surface area (Å²) in [5.74, 6) is 3.36. The number of hydrogen-bond acceptors (Lipinski definition) is 1. The molecule has 0 spiro atoms. The zero-order valence-electron chi connectivity index (χ0n) is 16.0. The Morgan fingerprint density at radius 3 is 2.24 bits per heavy atom. The molecule has 3 rings (SSSR count). The van der Waals surface area contributed by atoms with Gasteiger partial charge in [-0.2, -0.15) is 0 Å². The van der Waals surface area contributed by atoms with Gasteiger partial charge in [-0.25, -0.2) is 0 Å². The maximum Gasteiger partial charge on any atom is 0.0681 e. The second-order valence-electron chi connectivity index (χ2n) is 8.41. The molecule has 0 heterocycles. The zero-order valence-corrected chi connectivity index (χ0v) is 16.0. The minimum absolute atomic E-state index is 0.143. The van der Waals surface area contributed by atoms with E-state index in [-0.39, 0.29) is 6.61 Å². The lowest BCUT2D eigenvalue weighted by atomic mass is 9.70. The van der Waals surface area contributed by atoms with Crippen LogP contribution in [0.2, 0.25) is 0 Å². The summed E-state index contributed by atoms with van der Waals surface area (Å²) in [4.78, 5) is 0. The molecule has 0 radical (unpaired) electrons. The minimum Gasteiger partial charge on any atom is -0.392 e. The average Bonchev–Trinajstić information content (AvgIpc) is 2.69. The zero-order chi connectivity index (χ0) is 17.5. The second-order valence-corrected chi connectivity index (χ2v) is 8.41. The van der Waals surface area contributed by atoms with Gasteiger partial charge in [0.15, 0.2) is 0 Å². The third kappa shape index (κ3) is 5.20. The molecule has 2 atom stereocenters. The van der Waals surface area contributed by atoms with Crippen molar-refractivity contribution in [2.24, 2.45) is 17.8 Å². The highest BCUT2D eigenvalue weighted by molar-refractivity contribution is 5.29. The third-order valence-corrected chi connectivity index (χ3v) is 6.70. The van der Waals surface area contributed by atoms with E-state index in [4.69, 9.17) is 0 Å². The van der Waals surface area contributed by atoms with Crippen molar-refractivity contribution in [2.75, 3.05) is 0 Å². The summed E-state index contributed by atoms with van der Waals surface area (Å²) in [6.45, 7) is 2.45. The van der Waals surface area contributed by atoms with Crippen molar-refractivity contribution in [1.82, 2.24) is 0 Å². The molecule has 0 aromatic heterocycles. The number of allylic oxidation sites excluding steroid dienone is 2. The van der Waals surface area contributed by atoms with Crippen LogP contribution in [0.5, 0.6) is 0 Å². The lowest BCUT2D eigenvalue weighted by molar-refractivity contribution is 0.207. The normalized spacial score (nSPS) is 29.7. The van der Waals surface area contributed by atoms with Gasteiger partial charge in [0, 0.05) is 5.92 Å². The summed E-state index contributed by atoms with van der Waals surface area (Å²) in [6, 6.07) is 8.52. The first-order chi connectivity index (χ1) is 12.3. The van der Waals surface area contributed by atoms with E-state index in [0.717, 1.165) is 23.3 Å². The van der Waals surface area contributed by atoms with Crippen LogP contribution in [-0.2, 0) is 6.61 Å². The summed E-state index contributed by atoms with van der Waals surface area (Å²) in [6.07, 6.45) is 19.2. The molecule has 0 saturated heterocycles. The van der Waals surface area contributed by atoms with E-state index < -0.39 is 0 Å². The number of benzene rings is 1. The van der Waals surface area contributed by atoms with Crippen LogP contribution in [0.25, 0.3) is 0 Å². The number of hydrogen-bond donors (Lipinski definition) is 1. The van der Waals surface area contributed by atoms with Crippen LogP contribution in [-0.4, -0.2) is 5.11 Å². The predicted octanol–water partition coefficient (Wildman–Crippen LogP) is 6.62. The van der Waals surface area contributed by atoms with Crippen LogP contribution in [0.15, 0.2) is 36.4 Å². The van der Waals surface area contributed by atoms with E-state index in [1.165, 1.54) is 69.8 Å². The monoisotopic (exact) mass is 340 g/mol. The largest absolute Gasteiger partial charge is 0.392 e. The van der Waals surface area contributed by atoms with Crippen molar-refractivity contribution >= 4 is 0 Å². The average molecular weight is 341 g/mol. The molecular formula is C24H36O. The summed E-state index contributed by atoms with van der Waals surface area (Å²) < 4.78 is 0. The Hall–Kier alpha value is -1.08. The van der Waals surface area contributed by atoms with Crippen molar-refractivity contribution in [3.63, 3.8) is 0 Å². The van der Waals surface area contributed by atoms with Gasteiger partial charge in [0.25, 0.3) is 0 Å². The first-order valence-electron chi connectivity index (χ1n) is 10.7. The molecule has 1 N–H and O–H groups in total. The molecule has 138 valence electrons. The molecule has 1 nitrogen and oxygen atoms in total. The van der Waals surface area contributed by atoms with Gasteiger partial charge < -0.3 is 5.11 Å². The molecule has 25 heavy (non-hydrogen) atoms. The lowest BCUT2D eigenvalue weighted by Crippen LogP contribution is -2.23. The standard InChI is InChI=1S/C24H36O/c1-2-3-4-5-19-6-10-21(11-7-19)23-14-16-24(17-15-23)22-12-8-20(18-25)9-13-22/h8-9,12-14,16,19,21,23-25H,2-7,10-11,15,17-18H2,1H3. The highest BCUT2D eigenvalue weighted by Gasteiger charge is 2.28. The van der Waals surface area contributed by atoms with Gasteiger partial charge in [0.1, 0.15) is 0 Å². The summed E-state index contributed by atoms with van der Waals surface area (Å²) >= 11 is 0. The van der Waals surface area contributed by atoms with Crippen molar-refractivity contribution in [3.8, 4) is 0 Å². The van der Waals surface area contributed by atoms with Crippen LogP contribution in [0.3, 0.4) is 0 Å². The Labute approximate surface area is 154 Å². The summed E-state index contributed by atoms with van der Waals surface area (Å²) in [7, 11) is 0. The van der Waals surface area contributed by atoms with Gasteiger partial charge in [-0.3, -0.25) is 0 Å². The molecule has 0 amide bonds. The van der Waals surface area contributed by atoms with E-state index in [1.54, 1.807) is 0 Å². The second kappa shape index (κ2) is 9.57. The van der Waals surface area contributed by atoms with Crippen molar-refractivity contribution in [2.45, 2.75) is 83.7 Å². The maximum atomic E-state index is 9.18. The van der Waals surface area contributed by atoms with Crippen LogP contribution in [0.1, 0.15) is 88.2 Å². The van der Waals surface area contributed by atoms with E-state index >= 15 is 0 Å². The third-order valence-electron chi connectivity index (χ3n) is 6.70. The van der Waals surface area contributed by atoms with E-state index in [1.807, 2.05) is 0 Å². The Morgan fingerprint density at radius 2 is 1.64 bits per heavy atom. The van der Waals surface area contributed by atoms with Gasteiger partial charge in [-0.15, -0.1) is 0 Å². The summed E-state index contributed by atoms with van der Waals surface area (Å²) in [5.41, 5.74) is 2.42. The highest BCUT2D eigenvalue weighted by Crippen LogP contribution is 2.41. The first-order valence-corrected chi connectivity index (χ1v) is 10.7.